The number of carbonyl (C=O) groups is 3. The normalized spacial score (nSPS) is 23.8. The lowest BCUT2D eigenvalue weighted by Crippen LogP contribution is -2.51. The average Bonchev–Trinajstić information content (AvgIpc) is 2.88. The number of rotatable bonds is 7. The van der Waals surface area contributed by atoms with Crippen molar-refractivity contribution in [2.24, 2.45) is 17.3 Å². The van der Waals surface area contributed by atoms with Gasteiger partial charge in [0, 0.05) is 16.1 Å². The van der Waals surface area contributed by atoms with Crippen LogP contribution in [0.1, 0.15) is 106 Å². The summed E-state index contributed by atoms with van der Waals surface area (Å²) >= 11 is 6.06. The summed E-state index contributed by atoms with van der Waals surface area (Å²) in [5.41, 5.74) is 0.171. The van der Waals surface area contributed by atoms with Gasteiger partial charge in [0.2, 0.25) is 0 Å². The first-order valence-corrected chi connectivity index (χ1v) is 14.1. The van der Waals surface area contributed by atoms with Crippen LogP contribution < -0.4 is 0 Å². The van der Waals surface area contributed by atoms with Crippen LogP contribution in [0.3, 0.4) is 0 Å². The predicted molar refractivity (Wildman–Crippen MR) is 151 cm³/mol. The number of hydrogen-bond acceptors (Lipinski definition) is 4. The molecule has 2 aromatic carbocycles. The molecule has 1 unspecified atom stereocenters. The van der Waals surface area contributed by atoms with E-state index in [0.29, 0.717) is 22.1 Å². The molecular formula is C32H41ClO5. The molecule has 2 aliphatic carbocycles. The molecule has 0 saturated heterocycles. The molecule has 0 aromatic heterocycles. The van der Waals surface area contributed by atoms with Gasteiger partial charge in [-0.25, -0.2) is 0 Å². The first-order valence-electron chi connectivity index (χ1n) is 13.7. The SMILES string of the molecule is CC.CC(C)(CC(C)(C)C(=O)O)OC1C(=O)c2ccccc2C(=O)[C@@H]1C1CCC(c2ccc(Cl)cc2)CC1. The number of carboxylic acids is 1. The topological polar surface area (TPSA) is 80.7 Å². The largest absolute Gasteiger partial charge is 0.481 e. The van der Waals surface area contributed by atoms with E-state index in [4.69, 9.17) is 16.3 Å². The smallest absolute Gasteiger partial charge is 0.309 e. The van der Waals surface area contributed by atoms with Crippen LogP contribution in [0.2, 0.25) is 5.02 Å². The quantitative estimate of drug-likeness (QED) is 0.384. The Balaban J connectivity index is 0.00000195. The van der Waals surface area contributed by atoms with Crippen molar-refractivity contribution in [3.8, 4) is 0 Å². The molecule has 0 aliphatic heterocycles. The molecule has 4 rings (SSSR count). The Labute approximate surface area is 231 Å². The van der Waals surface area contributed by atoms with E-state index in [-0.39, 0.29) is 23.9 Å². The van der Waals surface area contributed by atoms with Crippen LogP contribution in [0.4, 0.5) is 0 Å². The molecule has 6 heteroatoms. The Hall–Kier alpha value is -2.50. The molecule has 5 nitrogen and oxygen atoms in total. The second-order valence-electron chi connectivity index (χ2n) is 11.6. The third-order valence-electron chi connectivity index (χ3n) is 7.86. The zero-order valence-electron chi connectivity index (χ0n) is 23.4. The number of benzene rings is 2. The van der Waals surface area contributed by atoms with Gasteiger partial charge in [-0.1, -0.05) is 61.8 Å². The van der Waals surface area contributed by atoms with E-state index in [1.54, 1.807) is 38.1 Å². The summed E-state index contributed by atoms with van der Waals surface area (Å²) in [5.74, 6) is -1.31. The lowest BCUT2D eigenvalue weighted by molar-refractivity contribution is -0.154. The van der Waals surface area contributed by atoms with Crippen molar-refractivity contribution in [2.75, 3.05) is 0 Å². The van der Waals surface area contributed by atoms with Crippen LogP contribution in [0.25, 0.3) is 0 Å². The molecule has 1 saturated carbocycles. The zero-order valence-corrected chi connectivity index (χ0v) is 24.2. The van der Waals surface area contributed by atoms with Gasteiger partial charge >= 0.3 is 5.97 Å². The van der Waals surface area contributed by atoms with Crippen molar-refractivity contribution in [1.82, 2.24) is 0 Å². The molecule has 2 atom stereocenters. The molecule has 0 spiro atoms. The van der Waals surface area contributed by atoms with Crippen LogP contribution >= 0.6 is 11.6 Å². The van der Waals surface area contributed by atoms with Gasteiger partial charge in [-0.3, -0.25) is 14.4 Å². The Morgan fingerprint density at radius 1 is 0.895 bits per heavy atom. The maximum Gasteiger partial charge on any atom is 0.309 e. The molecule has 0 bridgehead atoms. The van der Waals surface area contributed by atoms with E-state index in [2.05, 4.69) is 12.1 Å². The van der Waals surface area contributed by atoms with Crippen LogP contribution in [-0.4, -0.2) is 34.3 Å². The van der Waals surface area contributed by atoms with E-state index in [0.717, 1.165) is 25.7 Å². The molecule has 206 valence electrons. The summed E-state index contributed by atoms with van der Waals surface area (Å²) in [7, 11) is 0. The van der Waals surface area contributed by atoms with E-state index >= 15 is 0 Å². The highest BCUT2D eigenvalue weighted by Crippen LogP contribution is 2.45. The Kier molecular flexibility index (Phi) is 9.59. The molecule has 38 heavy (non-hydrogen) atoms. The molecular weight excluding hydrogens is 500 g/mol. The van der Waals surface area contributed by atoms with Crippen LogP contribution in [0, 0.1) is 17.3 Å². The van der Waals surface area contributed by atoms with Crippen molar-refractivity contribution in [1.29, 1.82) is 0 Å². The molecule has 2 aliphatic rings. The van der Waals surface area contributed by atoms with E-state index in [1.807, 2.05) is 39.8 Å². The van der Waals surface area contributed by atoms with Gasteiger partial charge in [0.25, 0.3) is 0 Å². The van der Waals surface area contributed by atoms with Gasteiger partial charge in [-0.2, -0.15) is 0 Å². The minimum atomic E-state index is -1.03. The van der Waals surface area contributed by atoms with Crippen molar-refractivity contribution >= 4 is 29.1 Å². The van der Waals surface area contributed by atoms with Crippen molar-refractivity contribution < 1.29 is 24.2 Å². The average molecular weight is 541 g/mol. The van der Waals surface area contributed by atoms with Gasteiger partial charge in [-0.05, 0) is 89.3 Å². The molecule has 0 heterocycles. The highest BCUT2D eigenvalue weighted by molar-refractivity contribution is 6.30. The van der Waals surface area contributed by atoms with Gasteiger partial charge in [0.15, 0.2) is 11.6 Å². The molecule has 0 radical (unpaired) electrons. The van der Waals surface area contributed by atoms with Crippen molar-refractivity contribution in [3.05, 3.63) is 70.2 Å². The number of ether oxygens (including phenoxy) is 1. The lowest BCUT2D eigenvalue weighted by Gasteiger charge is -2.43. The summed E-state index contributed by atoms with van der Waals surface area (Å²) in [6, 6.07) is 14.9. The Morgan fingerprint density at radius 3 is 1.95 bits per heavy atom. The fourth-order valence-electron chi connectivity index (χ4n) is 6.21. The molecule has 1 fully saturated rings. The number of halogens is 1. The second kappa shape index (κ2) is 12.1. The monoisotopic (exact) mass is 540 g/mol. The highest BCUT2D eigenvalue weighted by atomic mass is 35.5. The minimum Gasteiger partial charge on any atom is -0.481 e. The first-order chi connectivity index (χ1) is 17.9. The number of aliphatic carboxylic acids is 1. The van der Waals surface area contributed by atoms with Crippen LogP contribution in [0.5, 0.6) is 0 Å². The van der Waals surface area contributed by atoms with Crippen molar-refractivity contribution in [2.45, 2.75) is 91.3 Å². The lowest BCUT2D eigenvalue weighted by atomic mass is 9.66. The Morgan fingerprint density at radius 2 is 1.42 bits per heavy atom. The number of carbonyl (C=O) groups excluding carboxylic acids is 2. The van der Waals surface area contributed by atoms with Gasteiger partial charge in [0.1, 0.15) is 6.10 Å². The summed E-state index contributed by atoms with van der Waals surface area (Å²) in [4.78, 5) is 39.3. The summed E-state index contributed by atoms with van der Waals surface area (Å²) in [6.45, 7) is 10.9. The molecule has 1 N–H and O–H groups in total. The number of ketones is 2. The number of Topliss-reactive ketones (excluding diaryl/α,β-unsaturated/α-hetero) is 2. The second-order valence-corrected chi connectivity index (χ2v) is 12.1. The zero-order chi connectivity index (χ0) is 28.3. The van der Waals surface area contributed by atoms with Crippen molar-refractivity contribution in [3.63, 3.8) is 0 Å². The minimum absolute atomic E-state index is 0.0200. The van der Waals surface area contributed by atoms with Crippen LogP contribution in [0.15, 0.2) is 48.5 Å². The maximum atomic E-state index is 13.8. The number of fused-ring (bicyclic) bond motifs is 1. The first kappa shape index (κ1) is 30.0. The fourth-order valence-corrected chi connectivity index (χ4v) is 6.33. The Bertz CT molecular complexity index is 1140. The standard InChI is InChI=1S/C30H35ClO5.C2H6/c1-29(2,28(34)35)17-30(3,4)36-27-24(25(32)22-7-5-6-8-23(22)26(27)33)20-11-9-18(10-12-20)19-13-15-21(31)16-14-19;1-2/h5-8,13-16,18,20,24,27H,9-12,17H2,1-4H3,(H,34,35);1-2H3/t18?,20?,24-,27?;/m0./s1. The third-order valence-corrected chi connectivity index (χ3v) is 8.11. The fraction of sp³-hybridized carbons (Fsp3) is 0.531. The van der Waals surface area contributed by atoms with E-state index in [9.17, 15) is 19.5 Å². The van der Waals surface area contributed by atoms with E-state index in [1.165, 1.54) is 5.56 Å². The van der Waals surface area contributed by atoms with Gasteiger partial charge in [-0.15, -0.1) is 0 Å². The number of carboxylic acid groups (broad SMARTS) is 1. The third kappa shape index (κ3) is 6.55. The van der Waals surface area contributed by atoms with Gasteiger partial charge in [0.05, 0.1) is 16.9 Å². The molecule has 0 amide bonds. The maximum absolute atomic E-state index is 13.8. The highest BCUT2D eigenvalue weighted by Gasteiger charge is 2.49. The summed E-state index contributed by atoms with van der Waals surface area (Å²) in [5, 5.41) is 10.4. The van der Waals surface area contributed by atoms with E-state index < -0.39 is 29.0 Å². The summed E-state index contributed by atoms with van der Waals surface area (Å²) in [6.07, 6.45) is 2.77. The summed E-state index contributed by atoms with van der Waals surface area (Å²) < 4.78 is 6.45. The van der Waals surface area contributed by atoms with Gasteiger partial charge < -0.3 is 9.84 Å². The predicted octanol–water partition coefficient (Wildman–Crippen LogP) is 8.00. The van der Waals surface area contributed by atoms with Crippen LogP contribution in [-0.2, 0) is 9.53 Å². The number of hydrogen-bond donors (Lipinski definition) is 1. The molecule has 2 aromatic rings.